The molecule has 0 unspecified atom stereocenters. The zero-order valence-corrected chi connectivity index (χ0v) is 10.1. The summed E-state index contributed by atoms with van der Waals surface area (Å²) in [6, 6.07) is 4.32. The van der Waals surface area contributed by atoms with Gasteiger partial charge in [-0.15, -0.1) is 12.4 Å². The summed E-state index contributed by atoms with van der Waals surface area (Å²) in [4.78, 5) is 0. The van der Waals surface area contributed by atoms with Crippen molar-refractivity contribution < 1.29 is 0 Å². The van der Waals surface area contributed by atoms with Gasteiger partial charge in [0, 0.05) is 13.1 Å². The van der Waals surface area contributed by atoms with Crippen LogP contribution in [0.15, 0.2) is 33.7 Å². The van der Waals surface area contributed by atoms with Gasteiger partial charge < -0.3 is 5.32 Å². The first-order valence-electron chi connectivity index (χ1n) is 4.18. The highest BCUT2D eigenvalue weighted by Gasteiger charge is 1.93. The SMILES string of the molecule is Cl.c1cc(CNCc2ccsc2)cs1. The van der Waals surface area contributed by atoms with Crippen LogP contribution in [-0.4, -0.2) is 0 Å². The van der Waals surface area contributed by atoms with Gasteiger partial charge in [0.2, 0.25) is 0 Å². The predicted octanol–water partition coefficient (Wildman–Crippen LogP) is 3.52. The highest BCUT2D eigenvalue weighted by molar-refractivity contribution is 7.08. The van der Waals surface area contributed by atoms with Gasteiger partial charge in [-0.25, -0.2) is 0 Å². The largest absolute Gasteiger partial charge is 0.309 e. The Morgan fingerprint density at radius 3 is 1.79 bits per heavy atom. The summed E-state index contributed by atoms with van der Waals surface area (Å²) in [5, 5.41) is 12.0. The molecule has 0 radical (unpaired) electrons. The second-order valence-electron chi connectivity index (χ2n) is 2.87. The minimum absolute atomic E-state index is 0. The second-order valence-corrected chi connectivity index (χ2v) is 4.43. The van der Waals surface area contributed by atoms with E-state index in [0.717, 1.165) is 13.1 Å². The third-order valence-electron chi connectivity index (χ3n) is 1.82. The van der Waals surface area contributed by atoms with Crippen molar-refractivity contribution in [3.63, 3.8) is 0 Å². The third-order valence-corrected chi connectivity index (χ3v) is 3.28. The molecule has 1 nitrogen and oxygen atoms in total. The summed E-state index contributed by atoms with van der Waals surface area (Å²) in [6.07, 6.45) is 0. The number of halogens is 1. The van der Waals surface area contributed by atoms with Crippen LogP contribution in [0.25, 0.3) is 0 Å². The molecule has 76 valence electrons. The summed E-state index contributed by atoms with van der Waals surface area (Å²) in [5.74, 6) is 0. The monoisotopic (exact) mass is 245 g/mol. The predicted molar refractivity (Wildman–Crippen MR) is 66.4 cm³/mol. The van der Waals surface area contributed by atoms with E-state index < -0.39 is 0 Å². The molecule has 0 atom stereocenters. The fraction of sp³-hybridized carbons (Fsp3) is 0.200. The van der Waals surface area contributed by atoms with Crippen LogP contribution < -0.4 is 5.32 Å². The van der Waals surface area contributed by atoms with E-state index in [-0.39, 0.29) is 12.4 Å². The van der Waals surface area contributed by atoms with Crippen molar-refractivity contribution in [3.05, 3.63) is 44.8 Å². The van der Waals surface area contributed by atoms with Gasteiger partial charge in [0.25, 0.3) is 0 Å². The van der Waals surface area contributed by atoms with Gasteiger partial charge in [-0.05, 0) is 44.8 Å². The molecule has 0 bridgehead atoms. The highest BCUT2D eigenvalue weighted by Crippen LogP contribution is 2.07. The lowest BCUT2D eigenvalue weighted by Gasteiger charge is -2.00. The molecule has 0 saturated carbocycles. The average Bonchev–Trinajstić information content (AvgIpc) is 2.75. The topological polar surface area (TPSA) is 12.0 Å². The average molecular weight is 246 g/mol. The fourth-order valence-electron chi connectivity index (χ4n) is 1.14. The summed E-state index contributed by atoms with van der Waals surface area (Å²) in [7, 11) is 0. The second kappa shape index (κ2) is 6.19. The summed E-state index contributed by atoms with van der Waals surface area (Å²) in [6.45, 7) is 1.94. The minimum Gasteiger partial charge on any atom is -0.309 e. The van der Waals surface area contributed by atoms with Crippen LogP contribution in [-0.2, 0) is 13.1 Å². The molecule has 2 heterocycles. The Balaban J connectivity index is 0.000000980. The maximum atomic E-state index is 3.40. The molecule has 0 aliphatic carbocycles. The smallest absolute Gasteiger partial charge is 0.0216 e. The van der Waals surface area contributed by atoms with Crippen molar-refractivity contribution in [3.8, 4) is 0 Å². The first-order valence-corrected chi connectivity index (χ1v) is 6.06. The molecular weight excluding hydrogens is 234 g/mol. The van der Waals surface area contributed by atoms with E-state index in [1.165, 1.54) is 11.1 Å². The van der Waals surface area contributed by atoms with Crippen LogP contribution in [0.1, 0.15) is 11.1 Å². The zero-order chi connectivity index (χ0) is 8.93. The van der Waals surface area contributed by atoms with E-state index in [1.54, 1.807) is 22.7 Å². The molecule has 0 aromatic carbocycles. The Bertz CT molecular complexity index is 295. The van der Waals surface area contributed by atoms with Crippen LogP contribution in [0, 0.1) is 0 Å². The summed E-state index contributed by atoms with van der Waals surface area (Å²) >= 11 is 3.50. The highest BCUT2D eigenvalue weighted by atomic mass is 35.5. The fourth-order valence-corrected chi connectivity index (χ4v) is 2.47. The molecule has 0 aliphatic heterocycles. The van der Waals surface area contributed by atoms with Crippen molar-refractivity contribution in [2.75, 3.05) is 0 Å². The van der Waals surface area contributed by atoms with Crippen molar-refractivity contribution in [2.24, 2.45) is 0 Å². The van der Waals surface area contributed by atoms with E-state index in [2.05, 4.69) is 39.0 Å². The van der Waals surface area contributed by atoms with Gasteiger partial charge in [-0.3, -0.25) is 0 Å². The Hall–Kier alpha value is -0.350. The Morgan fingerprint density at radius 1 is 0.929 bits per heavy atom. The van der Waals surface area contributed by atoms with Gasteiger partial charge >= 0.3 is 0 Å². The van der Waals surface area contributed by atoms with E-state index in [0.29, 0.717) is 0 Å². The molecule has 0 aliphatic rings. The van der Waals surface area contributed by atoms with E-state index >= 15 is 0 Å². The molecule has 2 aromatic heterocycles. The van der Waals surface area contributed by atoms with E-state index in [9.17, 15) is 0 Å². The van der Waals surface area contributed by atoms with Crippen molar-refractivity contribution in [2.45, 2.75) is 13.1 Å². The quantitative estimate of drug-likeness (QED) is 0.869. The molecule has 0 spiro atoms. The standard InChI is InChI=1S/C10H11NS2.ClH/c1-3-12-7-9(1)5-11-6-10-2-4-13-8-10;/h1-4,7-8,11H,5-6H2;1H. The molecule has 14 heavy (non-hydrogen) atoms. The van der Waals surface area contributed by atoms with Gasteiger partial charge in [-0.2, -0.15) is 22.7 Å². The minimum atomic E-state index is 0. The number of hydrogen-bond donors (Lipinski definition) is 1. The molecule has 0 saturated heterocycles. The molecule has 4 heteroatoms. The molecule has 2 rings (SSSR count). The Labute approximate surface area is 98.2 Å². The molecular formula is C10H12ClNS2. The van der Waals surface area contributed by atoms with Gasteiger partial charge in [0.15, 0.2) is 0 Å². The molecule has 1 N–H and O–H groups in total. The Kier molecular flexibility index (Phi) is 5.19. The van der Waals surface area contributed by atoms with Crippen molar-refractivity contribution in [1.29, 1.82) is 0 Å². The van der Waals surface area contributed by atoms with Gasteiger partial charge in [-0.1, -0.05) is 0 Å². The van der Waals surface area contributed by atoms with Crippen LogP contribution in [0.4, 0.5) is 0 Å². The first kappa shape index (κ1) is 11.7. The number of nitrogens with one attached hydrogen (secondary N) is 1. The van der Waals surface area contributed by atoms with E-state index in [4.69, 9.17) is 0 Å². The van der Waals surface area contributed by atoms with Crippen LogP contribution in [0.3, 0.4) is 0 Å². The molecule has 0 fully saturated rings. The van der Waals surface area contributed by atoms with Crippen molar-refractivity contribution in [1.82, 2.24) is 5.32 Å². The number of rotatable bonds is 4. The third kappa shape index (κ3) is 3.42. The van der Waals surface area contributed by atoms with Crippen molar-refractivity contribution >= 4 is 35.1 Å². The number of hydrogen-bond acceptors (Lipinski definition) is 3. The summed E-state index contributed by atoms with van der Waals surface area (Å²) < 4.78 is 0. The van der Waals surface area contributed by atoms with Gasteiger partial charge in [0.1, 0.15) is 0 Å². The summed E-state index contributed by atoms with van der Waals surface area (Å²) in [5.41, 5.74) is 2.75. The normalized spacial score (nSPS) is 9.71. The lowest BCUT2D eigenvalue weighted by molar-refractivity contribution is 0.696. The van der Waals surface area contributed by atoms with Crippen LogP contribution in [0.2, 0.25) is 0 Å². The molecule has 0 amide bonds. The first-order chi connectivity index (χ1) is 6.45. The maximum absolute atomic E-state index is 3.40. The van der Waals surface area contributed by atoms with E-state index in [1.807, 2.05) is 0 Å². The lowest BCUT2D eigenvalue weighted by atomic mass is 10.3. The Morgan fingerprint density at radius 2 is 1.43 bits per heavy atom. The van der Waals surface area contributed by atoms with Gasteiger partial charge in [0.05, 0.1) is 0 Å². The maximum Gasteiger partial charge on any atom is 0.0216 e. The zero-order valence-electron chi connectivity index (χ0n) is 7.60. The lowest BCUT2D eigenvalue weighted by Crippen LogP contribution is -2.11. The molecule has 2 aromatic rings. The van der Waals surface area contributed by atoms with Crippen LogP contribution in [0.5, 0.6) is 0 Å². The number of thiophene rings is 2. The van der Waals surface area contributed by atoms with Crippen LogP contribution >= 0.6 is 35.1 Å².